The molecule has 0 nitrogen and oxygen atoms in total. The molecule has 2 atom stereocenters. The Morgan fingerprint density at radius 2 is 1.12 bits per heavy atom. The van der Waals surface area contributed by atoms with Gasteiger partial charge in [-0.25, -0.2) is 0 Å². The number of fused-ring (bicyclic) bond motifs is 2. The van der Waals surface area contributed by atoms with Crippen LogP contribution in [0.15, 0.2) is 104 Å². The first-order chi connectivity index (χ1) is 17.7. The van der Waals surface area contributed by atoms with Crippen molar-refractivity contribution in [3.8, 4) is 0 Å². The quantitative estimate of drug-likeness (QED) is 0.346. The van der Waals surface area contributed by atoms with Gasteiger partial charge in [0, 0.05) is 11.8 Å². The largest absolute Gasteiger partial charge is 1.00 e. The Morgan fingerprint density at radius 1 is 0.675 bits per heavy atom. The van der Waals surface area contributed by atoms with Gasteiger partial charge in [0.2, 0.25) is 0 Å². The SMILES string of the molecule is C1=CC(C2C=Cc3ccccc32)c2ccccc21.[CH3][Zr+2]([CH3])([CH3])([CH3])[C]1=CC=CC1.[CH3][Zr]([CH3])([Cl])([Cl])[C]1=CC=CC1.[Cl-].[Cl-]. The molecule has 0 amide bonds. The van der Waals surface area contributed by atoms with Crippen LogP contribution in [0.2, 0.25) is 27.8 Å². The molecule has 0 aromatic heterocycles. The van der Waals surface area contributed by atoms with Crippen LogP contribution in [0.25, 0.3) is 12.2 Å². The second-order valence-corrected chi connectivity index (χ2v) is 61.0. The minimum atomic E-state index is -3.26. The van der Waals surface area contributed by atoms with Crippen molar-refractivity contribution in [3.05, 3.63) is 126 Å². The Kier molecular flexibility index (Phi) is 12.3. The van der Waals surface area contributed by atoms with E-state index in [-0.39, 0.29) is 24.8 Å². The van der Waals surface area contributed by atoms with Gasteiger partial charge in [-0.2, -0.15) is 0 Å². The van der Waals surface area contributed by atoms with Crippen LogP contribution >= 0.6 is 17.0 Å². The van der Waals surface area contributed by atoms with Crippen molar-refractivity contribution in [2.75, 3.05) is 0 Å². The zero-order valence-electron chi connectivity index (χ0n) is 24.5. The van der Waals surface area contributed by atoms with E-state index in [2.05, 4.69) is 122 Å². The van der Waals surface area contributed by atoms with Crippen LogP contribution in [0.5, 0.6) is 0 Å². The van der Waals surface area contributed by atoms with Crippen molar-refractivity contribution < 1.29 is 60.0 Å². The molecule has 6 rings (SSSR count). The summed E-state index contributed by atoms with van der Waals surface area (Å²) in [6.45, 7) is 0. The third-order valence-electron chi connectivity index (χ3n) is 7.78. The number of rotatable bonds is 3. The number of halogens is 4. The normalized spacial score (nSPS) is 20.8. The molecule has 0 radical (unpaired) electrons. The molecular weight excluding hydrogens is 733 g/mol. The van der Waals surface area contributed by atoms with E-state index in [1.807, 2.05) is 15.3 Å². The average molecular weight is 775 g/mol. The smallest absolute Gasteiger partial charge is 1.00 e. The maximum Gasteiger partial charge on any atom is -1.00 e. The van der Waals surface area contributed by atoms with Gasteiger partial charge in [0.25, 0.3) is 0 Å². The first kappa shape index (κ1) is 36.0. The zero-order chi connectivity index (χ0) is 27.7. The van der Waals surface area contributed by atoms with E-state index in [4.69, 9.17) is 17.0 Å². The second-order valence-electron chi connectivity index (χ2n) is 13.7. The summed E-state index contributed by atoms with van der Waals surface area (Å²) in [7, 11) is 12.5. The average Bonchev–Trinajstić information content (AvgIpc) is 3.64. The molecule has 0 saturated heterocycles. The van der Waals surface area contributed by atoms with Crippen LogP contribution in [-0.4, -0.2) is 0 Å². The van der Waals surface area contributed by atoms with Crippen LogP contribution < -0.4 is 24.8 Å². The molecule has 2 aromatic carbocycles. The Morgan fingerprint density at radius 3 is 1.45 bits per heavy atom. The van der Waals surface area contributed by atoms with Gasteiger partial charge in [0.05, 0.1) is 0 Å². The van der Waals surface area contributed by atoms with Gasteiger partial charge >= 0.3 is 136 Å². The third-order valence-corrected chi connectivity index (χ3v) is 23.1. The summed E-state index contributed by atoms with van der Waals surface area (Å²) >= 11 is -5.46. The molecule has 0 aliphatic heterocycles. The summed E-state index contributed by atoms with van der Waals surface area (Å²) in [5, 5.41) is 0. The first-order valence-corrected chi connectivity index (χ1v) is 37.3. The Labute approximate surface area is 264 Å². The van der Waals surface area contributed by atoms with Crippen molar-refractivity contribution in [2.45, 2.75) is 52.5 Å². The summed E-state index contributed by atoms with van der Waals surface area (Å²) < 4.78 is 17.0. The fourth-order valence-electron chi connectivity index (χ4n) is 5.33. The molecule has 0 spiro atoms. The summed E-state index contributed by atoms with van der Waals surface area (Å²) in [6, 6.07) is 17.4. The molecule has 2 unspecified atom stereocenters. The van der Waals surface area contributed by atoms with Crippen LogP contribution in [0, 0.1) is 0 Å². The van der Waals surface area contributed by atoms with E-state index in [9.17, 15) is 0 Å². The molecule has 4 aliphatic rings. The maximum atomic E-state index is 6.26. The fourth-order valence-corrected chi connectivity index (χ4v) is 14.2. The van der Waals surface area contributed by atoms with Gasteiger partial charge in [-0.1, -0.05) is 72.8 Å². The van der Waals surface area contributed by atoms with E-state index in [0.717, 1.165) is 6.42 Å². The fraction of sp³-hybridized carbons (Fsp3) is 0.294. The second kappa shape index (κ2) is 13.6. The van der Waals surface area contributed by atoms with E-state index in [1.54, 1.807) is 3.28 Å². The maximum absolute atomic E-state index is 6.26. The van der Waals surface area contributed by atoms with Crippen LogP contribution in [0.4, 0.5) is 0 Å². The standard InChI is InChI=1S/C18H14.2C5H5.6CH3.4ClH.2Zr/c1-3-7-15-13(5-1)9-11-17(15)18-12-10-14-6-2-4-8-16(14)18;2*1-2-4-5-3-1;;;;;;;;;;;;/h1-12,17-18H;2*1-3H,4H2;6*1H3;4*1H;;/q;;;;;;;;;;;;;2*+2/p-4. The molecular formula is C34H42Cl4Zr2. The number of hydrogen-bond donors (Lipinski definition) is 0. The minimum absolute atomic E-state index is 0. The number of benzene rings is 2. The first-order valence-electron chi connectivity index (χ1n) is 13.8. The van der Waals surface area contributed by atoms with Crippen molar-refractivity contribution in [1.82, 2.24) is 0 Å². The van der Waals surface area contributed by atoms with Gasteiger partial charge in [-0.3, -0.25) is 0 Å². The van der Waals surface area contributed by atoms with Crippen LogP contribution in [-0.2, 0) is 35.2 Å². The van der Waals surface area contributed by atoms with Gasteiger partial charge in [0.15, 0.2) is 0 Å². The molecule has 0 heterocycles. The molecule has 0 saturated carbocycles. The summed E-state index contributed by atoms with van der Waals surface area (Å²) in [5.74, 6) is 1.00. The van der Waals surface area contributed by atoms with Crippen molar-refractivity contribution in [2.24, 2.45) is 0 Å². The number of hydrogen-bond acceptors (Lipinski definition) is 0. The van der Waals surface area contributed by atoms with Crippen LogP contribution in [0.1, 0.15) is 46.9 Å². The van der Waals surface area contributed by atoms with E-state index >= 15 is 0 Å². The summed E-state index contributed by atoms with van der Waals surface area (Å²) in [4.78, 5) is 0. The van der Waals surface area contributed by atoms with Crippen molar-refractivity contribution in [3.63, 3.8) is 0 Å². The molecule has 0 fully saturated rings. The molecule has 214 valence electrons. The molecule has 2 aromatic rings. The predicted octanol–water partition coefficient (Wildman–Crippen LogP) is 6.25. The van der Waals surface area contributed by atoms with Crippen molar-refractivity contribution in [1.29, 1.82) is 0 Å². The van der Waals surface area contributed by atoms with Crippen LogP contribution in [0.3, 0.4) is 0 Å². The summed E-state index contributed by atoms with van der Waals surface area (Å²) in [5.41, 5.74) is 5.67. The van der Waals surface area contributed by atoms with E-state index < -0.39 is 35.2 Å². The summed E-state index contributed by atoms with van der Waals surface area (Å²) in [6.07, 6.45) is 24.4. The molecule has 0 N–H and O–H groups in total. The molecule has 4 aliphatic carbocycles. The zero-order valence-corrected chi connectivity index (χ0v) is 32.4. The monoisotopic (exact) mass is 770 g/mol. The van der Waals surface area contributed by atoms with Crippen molar-refractivity contribution >= 4 is 29.2 Å². The Hall–Kier alpha value is -0.194. The van der Waals surface area contributed by atoms with Gasteiger partial charge in [0.1, 0.15) is 0 Å². The van der Waals surface area contributed by atoms with Gasteiger partial charge < -0.3 is 24.8 Å². The topological polar surface area (TPSA) is 0 Å². The third kappa shape index (κ3) is 9.40. The molecule has 6 heteroatoms. The minimum Gasteiger partial charge on any atom is -1.00 e. The Bertz CT molecular complexity index is 1270. The predicted molar refractivity (Wildman–Crippen MR) is 167 cm³/mol. The number of allylic oxidation sites excluding steroid dienone is 10. The van der Waals surface area contributed by atoms with E-state index in [0.29, 0.717) is 11.8 Å². The van der Waals surface area contributed by atoms with E-state index in [1.165, 1.54) is 32.0 Å². The van der Waals surface area contributed by atoms with Gasteiger partial charge in [-0.05, 0) is 22.3 Å². The Balaban J connectivity index is 0.000000222. The molecule has 40 heavy (non-hydrogen) atoms. The van der Waals surface area contributed by atoms with Gasteiger partial charge in [-0.15, -0.1) is 0 Å². The molecule has 0 bridgehead atoms.